The van der Waals surface area contributed by atoms with E-state index in [4.69, 9.17) is 0 Å². The molecule has 1 aromatic carbocycles. The second kappa shape index (κ2) is 9.78. The van der Waals surface area contributed by atoms with Crippen LogP contribution in [-0.4, -0.2) is 72.5 Å². The van der Waals surface area contributed by atoms with Crippen LogP contribution in [0.4, 0.5) is 9.80 Å². The third-order valence-corrected chi connectivity index (χ3v) is 8.79. The number of piperidine rings is 2. The Morgan fingerprint density at radius 2 is 1.91 bits per heavy atom. The summed E-state index contributed by atoms with van der Waals surface area (Å²) in [6.07, 6.45) is 4.79. The molecule has 3 aliphatic rings. The molecular weight excluding hydrogens is 462 g/mol. The van der Waals surface area contributed by atoms with Crippen LogP contribution in [0.5, 0.6) is 0 Å². The average Bonchev–Trinajstić information content (AvgIpc) is 3.37. The van der Waals surface area contributed by atoms with E-state index in [-0.39, 0.29) is 29.3 Å². The van der Waals surface area contributed by atoms with Gasteiger partial charge in [0.25, 0.3) is 5.91 Å². The van der Waals surface area contributed by atoms with E-state index >= 15 is 0 Å². The number of hydrogen-bond acceptors (Lipinski definition) is 5. The van der Waals surface area contributed by atoms with E-state index in [9.17, 15) is 14.4 Å². The predicted molar refractivity (Wildman–Crippen MR) is 139 cm³/mol. The molecule has 35 heavy (non-hydrogen) atoms. The van der Waals surface area contributed by atoms with Gasteiger partial charge in [-0.25, -0.2) is 4.79 Å². The molecule has 0 radical (unpaired) electrons. The zero-order valence-corrected chi connectivity index (χ0v) is 21.4. The molecule has 9 heteroatoms. The van der Waals surface area contributed by atoms with E-state index in [1.807, 2.05) is 43.0 Å². The first-order valence-electron chi connectivity index (χ1n) is 12.8. The molecule has 1 spiro atoms. The van der Waals surface area contributed by atoms with Gasteiger partial charge in [-0.2, -0.15) is 0 Å². The van der Waals surface area contributed by atoms with Crippen LogP contribution in [0.2, 0.25) is 0 Å². The number of amides is 4. The van der Waals surface area contributed by atoms with Crippen LogP contribution in [0.1, 0.15) is 56.3 Å². The fourth-order valence-corrected chi connectivity index (χ4v) is 7.01. The van der Waals surface area contributed by atoms with Crippen molar-refractivity contribution in [3.05, 3.63) is 29.8 Å². The van der Waals surface area contributed by atoms with Gasteiger partial charge in [0.15, 0.2) is 0 Å². The third kappa shape index (κ3) is 4.76. The molecule has 2 aromatic rings. The minimum atomic E-state index is -0.297. The van der Waals surface area contributed by atoms with E-state index in [2.05, 4.69) is 20.9 Å². The topological polar surface area (TPSA) is 93.8 Å². The molecule has 3 aliphatic heterocycles. The van der Waals surface area contributed by atoms with Crippen molar-refractivity contribution >= 4 is 44.3 Å². The second-order valence-electron chi connectivity index (χ2n) is 10.4. The summed E-state index contributed by atoms with van der Waals surface area (Å²) < 4.78 is 0.985. The largest absolute Gasteiger partial charge is 0.356 e. The molecule has 8 nitrogen and oxygen atoms in total. The molecule has 1 atom stereocenters. The summed E-state index contributed by atoms with van der Waals surface area (Å²) in [5.74, 6) is 0.201. The van der Waals surface area contributed by atoms with Gasteiger partial charge in [0.1, 0.15) is 5.00 Å². The van der Waals surface area contributed by atoms with E-state index in [0.29, 0.717) is 29.7 Å². The number of urea groups is 1. The molecule has 4 heterocycles. The number of thiophene rings is 1. The Balaban J connectivity index is 1.29. The number of nitrogens with one attached hydrogen (secondary N) is 3. The average molecular weight is 498 g/mol. The molecule has 5 rings (SSSR count). The first kappa shape index (κ1) is 24.1. The van der Waals surface area contributed by atoms with Gasteiger partial charge in [-0.3, -0.25) is 19.8 Å². The van der Waals surface area contributed by atoms with Crippen molar-refractivity contribution < 1.29 is 14.4 Å². The number of fused-ring (bicyclic) bond motifs is 1. The number of rotatable bonds is 4. The van der Waals surface area contributed by atoms with Crippen LogP contribution in [0.25, 0.3) is 10.1 Å². The normalized spacial score (nSPS) is 23.7. The molecule has 0 aliphatic carbocycles. The Hall–Kier alpha value is -2.65. The van der Waals surface area contributed by atoms with E-state index in [1.165, 1.54) is 11.3 Å². The zero-order chi connectivity index (χ0) is 24.6. The van der Waals surface area contributed by atoms with Crippen molar-refractivity contribution in [2.45, 2.75) is 58.0 Å². The van der Waals surface area contributed by atoms with Crippen LogP contribution >= 0.6 is 11.3 Å². The third-order valence-electron chi connectivity index (χ3n) is 7.70. The highest BCUT2D eigenvalue weighted by Gasteiger charge is 2.46. The summed E-state index contributed by atoms with van der Waals surface area (Å²) in [5, 5.41) is 10.3. The highest BCUT2D eigenvalue weighted by Crippen LogP contribution is 2.39. The van der Waals surface area contributed by atoms with Crippen molar-refractivity contribution in [3.8, 4) is 0 Å². The van der Waals surface area contributed by atoms with E-state index < -0.39 is 0 Å². The van der Waals surface area contributed by atoms with Gasteiger partial charge in [-0.15, -0.1) is 11.3 Å². The highest BCUT2D eigenvalue weighted by atomic mass is 32.1. The first-order chi connectivity index (χ1) is 16.9. The fraction of sp³-hybridized carbons (Fsp3) is 0.577. The molecule has 3 fully saturated rings. The molecule has 1 aromatic heterocycles. The number of benzene rings is 1. The van der Waals surface area contributed by atoms with Crippen LogP contribution in [-0.2, 0) is 4.79 Å². The number of likely N-dealkylation sites (tertiary alicyclic amines) is 2. The lowest BCUT2D eigenvalue weighted by Gasteiger charge is -2.45. The van der Waals surface area contributed by atoms with Crippen LogP contribution in [0.3, 0.4) is 0 Å². The van der Waals surface area contributed by atoms with Gasteiger partial charge in [0.05, 0.1) is 11.0 Å². The minimum Gasteiger partial charge on any atom is -0.356 e. The van der Waals surface area contributed by atoms with Gasteiger partial charge < -0.3 is 15.5 Å². The van der Waals surface area contributed by atoms with E-state index in [1.54, 1.807) is 0 Å². The summed E-state index contributed by atoms with van der Waals surface area (Å²) in [4.78, 5) is 43.1. The summed E-state index contributed by atoms with van der Waals surface area (Å²) in [7, 11) is 0. The highest BCUT2D eigenvalue weighted by molar-refractivity contribution is 7.23. The summed E-state index contributed by atoms with van der Waals surface area (Å²) in [6.45, 7) is 7.84. The van der Waals surface area contributed by atoms with Gasteiger partial charge >= 0.3 is 6.03 Å². The van der Waals surface area contributed by atoms with E-state index in [0.717, 1.165) is 61.8 Å². The standard InChI is InChI=1S/C26H35N5O3S/c1-17(2)28-25(34)29-22-21(19-6-3-4-7-20(19)35-22)23(32)30-14-8-18(9-15-30)31-13-5-10-26(16-31)11-12-27-24(26)33/h3-4,6-7,17-18H,5,8-16H2,1-2H3,(H,27,33)(H2,28,29,34). The van der Waals surface area contributed by atoms with Gasteiger partial charge in [0.2, 0.25) is 5.91 Å². The van der Waals surface area contributed by atoms with Crippen molar-refractivity contribution in [1.29, 1.82) is 0 Å². The summed E-state index contributed by atoms with van der Waals surface area (Å²) >= 11 is 1.44. The van der Waals surface area contributed by atoms with Gasteiger partial charge in [0, 0.05) is 48.3 Å². The number of carbonyl (C=O) groups is 3. The number of hydrogen-bond donors (Lipinski definition) is 3. The predicted octanol–water partition coefficient (Wildman–Crippen LogP) is 3.64. The number of carbonyl (C=O) groups excluding carboxylic acids is 3. The van der Waals surface area contributed by atoms with Crippen LogP contribution in [0.15, 0.2) is 24.3 Å². The number of anilines is 1. The molecule has 188 valence electrons. The lowest BCUT2D eigenvalue weighted by Crippen LogP contribution is -2.54. The molecule has 3 saturated heterocycles. The van der Waals surface area contributed by atoms with Crippen LogP contribution in [0, 0.1) is 5.41 Å². The molecule has 3 N–H and O–H groups in total. The summed E-state index contributed by atoms with van der Waals surface area (Å²) in [6, 6.07) is 7.93. The summed E-state index contributed by atoms with van der Waals surface area (Å²) in [5.41, 5.74) is 0.375. The molecule has 0 bridgehead atoms. The Morgan fingerprint density at radius 3 is 2.63 bits per heavy atom. The lowest BCUT2D eigenvalue weighted by molar-refractivity contribution is -0.131. The Kier molecular flexibility index (Phi) is 6.72. The minimum absolute atomic E-state index is 0.00629. The first-order valence-corrected chi connectivity index (χ1v) is 13.6. The van der Waals surface area contributed by atoms with Gasteiger partial charge in [-0.05, 0) is 58.6 Å². The maximum atomic E-state index is 13.7. The molecule has 4 amide bonds. The maximum absolute atomic E-state index is 13.7. The Morgan fingerprint density at radius 1 is 1.14 bits per heavy atom. The molecular formula is C26H35N5O3S. The number of nitrogens with zero attached hydrogens (tertiary/aromatic N) is 2. The zero-order valence-electron chi connectivity index (χ0n) is 20.6. The quantitative estimate of drug-likeness (QED) is 0.601. The van der Waals surface area contributed by atoms with Gasteiger partial charge in [-0.1, -0.05) is 18.2 Å². The SMILES string of the molecule is CC(C)NC(=O)Nc1sc2ccccc2c1C(=O)N1CCC(N2CCCC3(CCNC3=O)C2)CC1. The lowest BCUT2D eigenvalue weighted by atomic mass is 9.77. The molecule has 0 saturated carbocycles. The smallest absolute Gasteiger partial charge is 0.320 e. The molecule has 1 unspecified atom stereocenters. The Bertz CT molecular complexity index is 1120. The van der Waals surface area contributed by atoms with Crippen LogP contribution < -0.4 is 16.0 Å². The van der Waals surface area contributed by atoms with Crippen molar-refractivity contribution in [2.24, 2.45) is 5.41 Å². The van der Waals surface area contributed by atoms with Crippen molar-refractivity contribution in [1.82, 2.24) is 20.4 Å². The Labute approximate surface area is 210 Å². The van der Waals surface area contributed by atoms with Crippen molar-refractivity contribution in [2.75, 3.05) is 38.0 Å². The fourth-order valence-electron chi connectivity index (χ4n) is 5.92. The second-order valence-corrected chi connectivity index (χ2v) is 11.5. The van der Waals surface area contributed by atoms with Crippen molar-refractivity contribution in [3.63, 3.8) is 0 Å². The maximum Gasteiger partial charge on any atom is 0.320 e. The monoisotopic (exact) mass is 497 g/mol.